The predicted molar refractivity (Wildman–Crippen MR) is 166 cm³/mol. The molecule has 0 aliphatic rings. The van der Waals surface area contributed by atoms with Crippen LogP contribution in [0, 0.1) is 6.92 Å². The molecule has 1 aromatic heterocycles. The van der Waals surface area contributed by atoms with E-state index in [1.807, 2.05) is 18.2 Å². The number of Topliss-reactive ketones (excluding diaryl/α,β-unsaturated/α-hetero) is 1. The highest BCUT2D eigenvalue weighted by molar-refractivity contribution is 7.09. The van der Waals surface area contributed by atoms with E-state index < -0.39 is 0 Å². The molecule has 1 amide bonds. The first-order valence-corrected chi connectivity index (χ1v) is 16.0. The quantitative estimate of drug-likeness (QED) is 0.100. The second kappa shape index (κ2) is 19.6. The van der Waals surface area contributed by atoms with Crippen molar-refractivity contribution in [2.75, 3.05) is 11.9 Å². The average Bonchev–Trinajstić information content (AvgIpc) is 3.35. The third kappa shape index (κ3) is 12.5. The number of carbonyl (C=O) groups is 2. The zero-order chi connectivity index (χ0) is 28.6. The largest absolute Gasteiger partial charge is 1.00 e. The van der Waals surface area contributed by atoms with E-state index in [1.165, 1.54) is 76.0 Å². The van der Waals surface area contributed by atoms with Gasteiger partial charge in [-0.1, -0.05) is 107 Å². The van der Waals surface area contributed by atoms with Crippen LogP contribution in [0.4, 0.5) is 5.69 Å². The number of benzene rings is 2. The van der Waals surface area contributed by atoms with Crippen LogP contribution in [0.25, 0.3) is 0 Å². The first-order chi connectivity index (χ1) is 19.5. The summed E-state index contributed by atoms with van der Waals surface area (Å²) in [5.74, 6) is 0.00410. The van der Waals surface area contributed by atoms with Gasteiger partial charge < -0.3 is 27.0 Å². The third-order valence-corrected chi connectivity index (χ3v) is 8.01. The van der Waals surface area contributed by atoms with Crippen LogP contribution in [0.15, 0.2) is 54.2 Å². The number of unbranched alkanes of at least 4 members (excludes halogenated alkanes) is 11. The van der Waals surface area contributed by atoms with Gasteiger partial charge in [-0.25, -0.2) is 0 Å². The summed E-state index contributed by atoms with van der Waals surface area (Å²) in [6.45, 7) is 7.10. The third-order valence-electron chi connectivity index (χ3n) is 7.15. The molecule has 224 valence electrons. The molecule has 5 nitrogen and oxygen atoms in total. The molecule has 41 heavy (non-hydrogen) atoms. The highest BCUT2D eigenvalue weighted by Gasteiger charge is 2.19. The van der Waals surface area contributed by atoms with Crippen molar-refractivity contribution in [3.05, 3.63) is 75.7 Å². The zero-order valence-corrected chi connectivity index (χ0v) is 27.5. The van der Waals surface area contributed by atoms with E-state index in [-0.39, 0.29) is 28.7 Å². The molecule has 0 saturated heterocycles. The fraction of sp³-hybridized carbons (Fsp3) is 0.500. The van der Waals surface area contributed by atoms with Gasteiger partial charge >= 0.3 is 0 Å². The number of aryl methyl sites for hydroxylation is 1. The average molecular weight is 644 g/mol. The lowest BCUT2D eigenvalue weighted by Gasteiger charge is -2.15. The minimum atomic E-state index is -0.274. The molecule has 1 N–H and O–H groups in total. The second-order valence-corrected chi connectivity index (χ2v) is 11.9. The Morgan fingerprint density at radius 3 is 2.07 bits per heavy atom. The maximum Gasteiger partial charge on any atom is 0.259 e. The summed E-state index contributed by atoms with van der Waals surface area (Å²) < 4.78 is 8.24. The van der Waals surface area contributed by atoms with Gasteiger partial charge in [-0.3, -0.25) is 9.59 Å². The minimum absolute atomic E-state index is 0. The fourth-order valence-electron chi connectivity index (χ4n) is 4.95. The Kier molecular flexibility index (Phi) is 16.6. The van der Waals surface area contributed by atoms with Gasteiger partial charge in [0.05, 0.1) is 22.6 Å². The number of anilines is 1. The van der Waals surface area contributed by atoms with Crippen LogP contribution >= 0.6 is 11.3 Å². The molecular formula is C34H47BrN2O3S. The summed E-state index contributed by atoms with van der Waals surface area (Å²) in [5.41, 5.74) is 4.75. The van der Waals surface area contributed by atoms with Crippen LogP contribution < -0.4 is 31.6 Å². The molecule has 2 aromatic carbocycles. The van der Waals surface area contributed by atoms with Gasteiger partial charge in [0.25, 0.3) is 5.91 Å². The van der Waals surface area contributed by atoms with Crippen LogP contribution in [-0.4, -0.2) is 18.3 Å². The Labute approximate surface area is 261 Å². The number of hydrogen-bond acceptors (Lipinski definition) is 4. The highest BCUT2D eigenvalue weighted by atomic mass is 79.9. The first kappa shape index (κ1) is 34.7. The van der Waals surface area contributed by atoms with Crippen LogP contribution in [0.5, 0.6) is 5.75 Å². The standard InChI is InChI=1S/C34H46N2O3S.BrH/c1-4-5-6-7-8-9-10-11-12-13-14-15-22-39-33-31(28(3)37)20-17-21-32(33)34(38)35-30-19-16-18-29(23-30)25-36-24-27(2)40-26-36;/h16-21,23-24,26H,4-15,22,25H2,1-3H3;1H. The first-order valence-electron chi connectivity index (χ1n) is 15.1. The van der Waals surface area contributed by atoms with Gasteiger partial charge in [0.15, 0.2) is 18.5 Å². The number of amides is 1. The second-order valence-electron chi connectivity index (χ2n) is 10.8. The number of para-hydroxylation sites is 1. The maximum absolute atomic E-state index is 13.3. The number of hydrogen-bond donors (Lipinski definition) is 1. The number of halogens is 1. The molecule has 3 aromatic rings. The van der Waals surface area contributed by atoms with E-state index in [0.29, 0.717) is 23.5 Å². The van der Waals surface area contributed by atoms with E-state index in [9.17, 15) is 9.59 Å². The van der Waals surface area contributed by atoms with E-state index >= 15 is 0 Å². The number of nitrogens with zero attached hydrogens (tertiary/aromatic N) is 1. The van der Waals surface area contributed by atoms with E-state index in [2.05, 4.69) is 41.5 Å². The zero-order valence-electron chi connectivity index (χ0n) is 25.1. The van der Waals surface area contributed by atoms with Crippen LogP contribution in [0.2, 0.25) is 0 Å². The SMILES string of the molecule is CCCCCCCCCCCCCCOc1c(C(C)=O)cccc1C(=O)Nc1cccc(C[n+]2csc(C)c2)c1.[Br-]. The normalized spacial score (nSPS) is 10.7. The number of rotatable bonds is 19. The summed E-state index contributed by atoms with van der Waals surface area (Å²) >= 11 is 1.71. The number of carbonyl (C=O) groups excluding carboxylic acids is 2. The summed E-state index contributed by atoms with van der Waals surface area (Å²) in [5, 5.41) is 3.01. The Morgan fingerprint density at radius 2 is 1.46 bits per heavy atom. The number of ketones is 1. The van der Waals surface area contributed by atoms with Crippen LogP contribution in [0.3, 0.4) is 0 Å². The fourth-order valence-corrected chi connectivity index (χ4v) is 5.58. The maximum atomic E-state index is 13.3. The lowest BCUT2D eigenvalue weighted by Crippen LogP contribution is -3.00. The van der Waals surface area contributed by atoms with E-state index in [4.69, 9.17) is 4.74 Å². The Morgan fingerprint density at radius 1 is 0.854 bits per heavy atom. The molecule has 1 heterocycles. The Balaban J connectivity index is 0.00000588. The summed E-state index contributed by atoms with van der Waals surface area (Å²) in [4.78, 5) is 26.9. The predicted octanol–water partition coefficient (Wildman–Crippen LogP) is 5.93. The van der Waals surface area contributed by atoms with Crippen molar-refractivity contribution in [2.24, 2.45) is 0 Å². The Bertz CT molecular complexity index is 1210. The molecule has 0 aliphatic carbocycles. The molecule has 0 bridgehead atoms. The summed E-state index contributed by atoms with van der Waals surface area (Å²) in [7, 11) is 0. The van der Waals surface area contributed by atoms with E-state index in [0.717, 1.165) is 30.6 Å². The monoisotopic (exact) mass is 642 g/mol. The van der Waals surface area contributed by atoms with Crippen LogP contribution in [0.1, 0.15) is 122 Å². The molecule has 0 saturated carbocycles. The molecule has 0 atom stereocenters. The van der Waals surface area contributed by atoms with Crippen molar-refractivity contribution in [1.82, 2.24) is 0 Å². The number of ether oxygens (including phenoxy) is 1. The molecule has 0 spiro atoms. The highest BCUT2D eigenvalue weighted by Crippen LogP contribution is 2.27. The van der Waals surface area contributed by atoms with Crippen LogP contribution in [-0.2, 0) is 6.54 Å². The van der Waals surface area contributed by atoms with Crippen molar-refractivity contribution in [2.45, 2.75) is 104 Å². The van der Waals surface area contributed by atoms with Gasteiger partial charge in [-0.05, 0) is 44.5 Å². The van der Waals surface area contributed by atoms with Crippen molar-refractivity contribution in [3.8, 4) is 5.75 Å². The topological polar surface area (TPSA) is 59.3 Å². The van der Waals surface area contributed by atoms with Gasteiger partial charge in [0, 0.05) is 11.3 Å². The minimum Gasteiger partial charge on any atom is -1.00 e. The van der Waals surface area contributed by atoms with Gasteiger partial charge in [0.2, 0.25) is 5.51 Å². The molecule has 0 aliphatic heterocycles. The molecule has 0 fully saturated rings. The number of thiazole rings is 1. The summed E-state index contributed by atoms with van der Waals surface area (Å²) in [6.07, 6.45) is 17.4. The number of aromatic nitrogens is 1. The molecule has 0 unspecified atom stereocenters. The molecule has 3 rings (SSSR count). The van der Waals surface area contributed by atoms with Crippen molar-refractivity contribution >= 4 is 28.7 Å². The molecule has 7 heteroatoms. The van der Waals surface area contributed by atoms with Gasteiger partial charge in [-0.15, -0.1) is 0 Å². The van der Waals surface area contributed by atoms with Crippen molar-refractivity contribution < 1.29 is 35.9 Å². The van der Waals surface area contributed by atoms with Crippen molar-refractivity contribution in [1.29, 1.82) is 0 Å². The van der Waals surface area contributed by atoms with Gasteiger partial charge in [0.1, 0.15) is 5.75 Å². The lowest BCUT2D eigenvalue weighted by atomic mass is 10.0. The molecular weight excluding hydrogens is 596 g/mol. The number of nitrogens with one attached hydrogen (secondary N) is 1. The Hall–Kier alpha value is -2.51. The molecule has 0 radical (unpaired) electrons. The lowest BCUT2D eigenvalue weighted by molar-refractivity contribution is -0.683. The smallest absolute Gasteiger partial charge is 0.259 e. The van der Waals surface area contributed by atoms with E-state index in [1.54, 1.807) is 29.5 Å². The van der Waals surface area contributed by atoms with Crippen molar-refractivity contribution in [3.63, 3.8) is 0 Å². The summed E-state index contributed by atoms with van der Waals surface area (Å²) in [6, 6.07) is 13.1. The van der Waals surface area contributed by atoms with Gasteiger partial charge in [-0.2, -0.15) is 4.57 Å².